The third kappa shape index (κ3) is 2.84. The first kappa shape index (κ1) is 11.2. The van der Waals surface area contributed by atoms with Crippen molar-refractivity contribution < 1.29 is 14.3 Å². The van der Waals surface area contributed by atoms with Crippen LogP contribution in [-0.2, 0) is 13.2 Å². The summed E-state index contributed by atoms with van der Waals surface area (Å²) in [6, 6.07) is 7.76. The van der Waals surface area contributed by atoms with Gasteiger partial charge in [0.15, 0.2) is 0 Å². The van der Waals surface area contributed by atoms with Crippen LogP contribution < -0.4 is 4.74 Å². The molecule has 0 aliphatic heterocycles. The van der Waals surface area contributed by atoms with E-state index in [1.165, 1.54) is 6.26 Å². The van der Waals surface area contributed by atoms with Gasteiger partial charge in [0.1, 0.15) is 18.6 Å². The molecular formula is C11H10BrNO3. The highest BCUT2D eigenvalue weighted by atomic mass is 79.9. The Kier molecular flexibility index (Phi) is 3.58. The van der Waals surface area contributed by atoms with Crippen LogP contribution in [0.15, 0.2) is 39.4 Å². The molecule has 0 spiro atoms. The molecule has 84 valence electrons. The van der Waals surface area contributed by atoms with Crippen LogP contribution in [0.25, 0.3) is 0 Å². The molecular weight excluding hydrogens is 274 g/mol. The minimum absolute atomic E-state index is 0.148. The number of halogens is 1. The Morgan fingerprint density at radius 1 is 1.31 bits per heavy atom. The van der Waals surface area contributed by atoms with Crippen LogP contribution in [0.2, 0.25) is 0 Å². The molecule has 0 unspecified atom stereocenters. The molecule has 0 saturated carbocycles. The van der Waals surface area contributed by atoms with Crippen LogP contribution in [0.1, 0.15) is 11.3 Å². The third-order valence-corrected chi connectivity index (χ3v) is 2.50. The van der Waals surface area contributed by atoms with Gasteiger partial charge in [0, 0.05) is 4.47 Å². The zero-order valence-corrected chi connectivity index (χ0v) is 9.98. The lowest BCUT2D eigenvalue weighted by Gasteiger charge is -2.01. The van der Waals surface area contributed by atoms with Gasteiger partial charge in [-0.2, -0.15) is 4.98 Å². The summed E-state index contributed by atoms with van der Waals surface area (Å²) < 4.78 is 11.3. The maximum atomic E-state index is 8.78. The molecule has 0 aliphatic rings. The molecule has 0 saturated heterocycles. The van der Waals surface area contributed by atoms with Crippen molar-refractivity contribution in [3.63, 3.8) is 0 Å². The number of aromatic nitrogens is 1. The molecule has 2 aromatic rings. The summed E-state index contributed by atoms with van der Waals surface area (Å²) in [6.07, 6.45) is 1.55. The molecule has 2 rings (SSSR count). The molecule has 0 bridgehead atoms. The Balaban J connectivity index is 1.94. The average Bonchev–Trinajstić information content (AvgIpc) is 2.76. The highest BCUT2D eigenvalue weighted by Crippen LogP contribution is 2.14. The van der Waals surface area contributed by atoms with E-state index in [-0.39, 0.29) is 12.7 Å². The Hall–Kier alpha value is -1.33. The molecule has 0 radical (unpaired) electrons. The van der Waals surface area contributed by atoms with Gasteiger partial charge in [0.2, 0.25) is 0 Å². The molecule has 1 aromatic carbocycles. The number of nitrogens with zero attached hydrogens (tertiary/aromatic N) is 1. The third-order valence-electron chi connectivity index (χ3n) is 1.97. The zero-order valence-electron chi connectivity index (χ0n) is 8.39. The van der Waals surface area contributed by atoms with Gasteiger partial charge in [-0.05, 0) is 17.7 Å². The van der Waals surface area contributed by atoms with E-state index in [2.05, 4.69) is 20.9 Å². The first-order valence-electron chi connectivity index (χ1n) is 4.70. The monoisotopic (exact) mass is 283 g/mol. The van der Waals surface area contributed by atoms with Crippen LogP contribution >= 0.6 is 15.9 Å². The van der Waals surface area contributed by atoms with E-state index in [0.29, 0.717) is 12.3 Å². The lowest BCUT2D eigenvalue weighted by atomic mass is 10.2. The summed E-state index contributed by atoms with van der Waals surface area (Å²) in [5.74, 6) is 0. The first-order chi connectivity index (χ1) is 7.78. The van der Waals surface area contributed by atoms with E-state index in [1.54, 1.807) is 0 Å². The second-order valence-corrected chi connectivity index (χ2v) is 4.09. The van der Waals surface area contributed by atoms with Gasteiger partial charge >= 0.3 is 6.08 Å². The predicted octanol–water partition coefficient (Wildman–Crippen LogP) is 2.51. The second-order valence-electron chi connectivity index (χ2n) is 3.18. The topological polar surface area (TPSA) is 55.5 Å². The van der Waals surface area contributed by atoms with Gasteiger partial charge in [0.05, 0.1) is 6.61 Å². The number of hydrogen-bond acceptors (Lipinski definition) is 4. The minimum Gasteiger partial charge on any atom is -0.445 e. The summed E-state index contributed by atoms with van der Waals surface area (Å²) in [6.45, 7) is 0.240. The normalized spacial score (nSPS) is 10.4. The Bertz CT molecular complexity index is 453. The quantitative estimate of drug-likeness (QED) is 0.937. The standard InChI is InChI=1S/C11H10BrNO3/c12-9-3-1-8(2-4-9)6-15-11-13-10(5-14)7-16-11/h1-4,7,14H,5-6H2. The molecule has 4 nitrogen and oxygen atoms in total. The van der Waals surface area contributed by atoms with E-state index in [0.717, 1.165) is 10.0 Å². The molecule has 0 fully saturated rings. The SMILES string of the molecule is OCc1coc(OCc2ccc(Br)cc2)n1. The number of aliphatic hydroxyl groups is 1. The fraction of sp³-hybridized carbons (Fsp3) is 0.182. The van der Waals surface area contributed by atoms with Gasteiger partial charge in [-0.15, -0.1) is 0 Å². The highest BCUT2D eigenvalue weighted by Gasteiger charge is 2.03. The number of hydrogen-bond donors (Lipinski definition) is 1. The van der Waals surface area contributed by atoms with E-state index >= 15 is 0 Å². The van der Waals surface area contributed by atoms with Crippen molar-refractivity contribution in [2.75, 3.05) is 0 Å². The first-order valence-corrected chi connectivity index (χ1v) is 5.50. The van der Waals surface area contributed by atoms with Crippen molar-refractivity contribution in [3.05, 3.63) is 46.3 Å². The van der Waals surface area contributed by atoms with Gasteiger partial charge in [-0.3, -0.25) is 0 Å². The maximum absolute atomic E-state index is 8.78. The lowest BCUT2D eigenvalue weighted by molar-refractivity contribution is 0.219. The summed E-state index contributed by atoms with van der Waals surface area (Å²) in [4.78, 5) is 3.91. The maximum Gasteiger partial charge on any atom is 0.394 e. The van der Waals surface area contributed by atoms with Crippen LogP contribution in [0, 0.1) is 0 Å². The van der Waals surface area contributed by atoms with Gasteiger partial charge in [-0.25, -0.2) is 0 Å². The number of aliphatic hydroxyl groups excluding tert-OH is 1. The highest BCUT2D eigenvalue weighted by molar-refractivity contribution is 9.10. The number of ether oxygens (including phenoxy) is 1. The Morgan fingerprint density at radius 3 is 2.69 bits per heavy atom. The molecule has 1 aromatic heterocycles. The largest absolute Gasteiger partial charge is 0.445 e. The smallest absolute Gasteiger partial charge is 0.394 e. The van der Waals surface area contributed by atoms with E-state index in [9.17, 15) is 0 Å². The molecule has 1 N–H and O–H groups in total. The average molecular weight is 284 g/mol. The van der Waals surface area contributed by atoms with Gasteiger partial charge < -0.3 is 14.3 Å². The van der Waals surface area contributed by atoms with Gasteiger partial charge in [-0.1, -0.05) is 28.1 Å². The van der Waals surface area contributed by atoms with Crippen LogP contribution in [0.4, 0.5) is 0 Å². The van der Waals surface area contributed by atoms with E-state index < -0.39 is 0 Å². The molecule has 0 aliphatic carbocycles. The van der Waals surface area contributed by atoms with Crippen molar-refractivity contribution in [2.45, 2.75) is 13.2 Å². The molecule has 16 heavy (non-hydrogen) atoms. The number of oxazole rings is 1. The van der Waals surface area contributed by atoms with E-state index in [1.807, 2.05) is 24.3 Å². The molecule has 5 heteroatoms. The van der Waals surface area contributed by atoms with Crippen molar-refractivity contribution in [1.82, 2.24) is 4.98 Å². The van der Waals surface area contributed by atoms with Gasteiger partial charge in [0.25, 0.3) is 0 Å². The van der Waals surface area contributed by atoms with Crippen molar-refractivity contribution >= 4 is 15.9 Å². The van der Waals surface area contributed by atoms with Crippen LogP contribution in [0.5, 0.6) is 6.08 Å². The summed E-state index contributed by atoms with van der Waals surface area (Å²) >= 11 is 3.35. The summed E-state index contributed by atoms with van der Waals surface area (Å²) in [5.41, 5.74) is 1.48. The molecule has 0 amide bonds. The summed E-state index contributed by atoms with van der Waals surface area (Å²) in [5, 5.41) is 8.78. The van der Waals surface area contributed by atoms with Crippen molar-refractivity contribution in [3.8, 4) is 6.08 Å². The fourth-order valence-electron chi connectivity index (χ4n) is 1.15. The van der Waals surface area contributed by atoms with Crippen LogP contribution in [0.3, 0.4) is 0 Å². The number of rotatable bonds is 4. The minimum atomic E-state index is -0.148. The molecule has 1 heterocycles. The van der Waals surface area contributed by atoms with Crippen LogP contribution in [-0.4, -0.2) is 10.1 Å². The summed E-state index contributed by atoms with van der Waals surface area (Å²) in [7, 11) is 0. The lowest BCUT2D eigenvalue weighted by Crippen LogP contribution is -1.95. The zero-order chi connectivity index (χ0) is 11.4. The van der Waals surface area contributed by atoms with Crippen molar-refractivity contribution in [1.29, 1.82) is 0 Å². The predicted molar refractivity (Wildman–Crippen MR) is 60.9 cm³/mol. The number of benzene rings is 1. The molecule has 0 atom stereocenters. The Labute approximate surface area is 101 Å². The fourth-order valence-corrected chi connectivity index (χ4v) is 1.42. The van der Waals surface area contributed by atoms with E-state index in [4.69, 9.17) is 14.3 Å². The second kappa shape index (κ2) is 5.14. The Morgan fingerprint density at radius 2 is 2.06 bits per heavy atom. The van der Waals surface area contributed by atoms with Crippen molar-refractivity contribution in [2.24, 2.45) is 0 Å².